The van der Waals surface area contributed by atoms with E-state index < -0.39 is 26.6 Å². The molecule has 5 nitrogen and oxygen atoms in total. The maximum atomic E-state index is 13.7. The van der Waals surface area contributed by atoms with E-state index in [4.69, 9.17) is 5.14 Å². The SMILES string of the molecule is NS(=O)(=O)c1cc(C(=O)NCC2CCCC2)cc(F)c1Br. The predicted octanol–water partition coefficient (Wildman–Crippen LogP) is 2.16. The van der Waals surface area contributed by atoms with Crippen molar-refractivity contribution in [1.29, 1.82) is 0 Å². The van der Waals surface area contributed by atoms with E-state index in [1.54, 1.807) is 0 Å². The third-order valence-electron chi connectivity index (χ3n) is 3.59. The van der Waals surface area contributed by atoms with Gasteiger partial charge in [0.15, 0.2) is 0 Å². The zero-order valence-corrected chi connectivity index (χ0v) is 13.6. The van der Waals surface area contributed by atoms with Gasteiger partial charge in [-0.1, -0.05) is 12.8 Å². The van der Waals surface area contributed by atoms with Gasteiger partial charge in [0.1, 0.15) is 5.82 Å². The van der Waals surface area contributed by atoms with Crippen LogP contribution in [0.5, 0.6) is 0 Å². The van der Waals surface area contributed by atoms with Crippen LogP contribution in [-0.2, 0) is 10.0 Å². The molecule has 0 spiro atoms. The van der Waals surface area contributed by atoms with E-state index >= 15 is 0 Å². The highest BCUT2D eigenvalue weighted by Crippen LogP contribution is 2.26. The van der Waals surface area contributed by atoms with E-state index in [9.17, 15) is 17.6 Å². The molecule has 1 aromatic rings. The molecule has 2 rings (SSSR count). The Hall–Kier alpha value is -0.990. The lowest BCUT2D eigenvalue weighted by Crippen LogP contribution is -2.28. The molecule has 0 unspecified atom stereocenters. The zero-order chi connectivity index (χ0) is 15.6. The summed E-state index contributed by atoms with van der Waals surface area (Å²) in [5, 5.41) is 7.72. The van der Waals surface area contributed by atoms with Crippen LogP contribution in [0.2, 0.25) is 0 Å². The van der Waals surface area contributed by atoms with Crippen LogP contribution in [0.4, 0.5) is 4.39 Å². The van der Waals surface area contributed by atoms with Gasteiger partial charge >= 0.3 is 0 Å². The van der Waals surface area contributed by atoms with Crippen LogP contribution in [-0.4, -0.2) is 20.9 Å². The van der Waals surface area contributed by atoms with Gasteiger partial charge in [-0.2, -0.15) is 0 Å². The molecule has 116 valence electrons. The summed E-state index contributed by atoms with van der Waals surface area (Å²) >= 11 is 2.83. The zero-order valence-electron chi connectivity index (χ0n) is 11.2. The van der Waals surface area contributed by atoms with Crippen LogP contribution in [0.3, 0.4) is 0 Å². The standard InChI is InChI=1S/C13H16BrFN2O3S/c14-12-10(15)5-9(6-11(12)21(16,19)20)13(18)17-7-8-3-1-2-4-8/h5-6,8H,1-4,7H2,(H,17,18)(H2,16,19,20). The van der Waals surface area contributed by atoms with Gasteiger partial charge in [-0.25, -0.2) is 17.9 Å². The Morgan fingerprint density at radius 3 is 2.57 bits per heavy atom. The lowest BCUT2D eigenvalue weighted by molar-refractivity contribution is 0.0946. The van der Waals surface area contributed by atoms with Crippen molar-refractivity contribution in [3.05, 3.63) is 28.0 Å². The minimum Gasteiger partial charge on any atom is -0.352 e. The van der Waals surface area contributed by atoms with Gasteiger partial charge in [0, 0.05) is 12.1 Å². The maximum Gasteiger partial charge on any atom is 0.251 e. The van der Waals surface area contributed by atoms with Crippen molar-refractivity contribution in [2.75, 3.05) is 6.54 Å². The third-order valence-corrected chi connectivity index (χ3v) is 5.59. The molecule has 0 radical (unpaired) electrons. The molecule has 21 heavy (non-hydrogen) atoms. The molecule has 0 aliphatic heterocycles. The molecule has 1 aromatic carbocycles. The van der Waals surface area contributed by atoms with Crippen molar-refractivity contribution in [3.63, 3.8) is 0 Å². The number of nitrogens with two attached hydrogens (primary N) is 1. The van der Waals surface area contributed by atoms with Gasteiger partial charge in [0.2, 0.25) is 10.0 Å². The molecule has 0 aromatic heterocycles. The molecule has 1 aliphatic rings. The summed E-state index contributed by atoms with van der Waals surface area (Å²) in [6.45, 7) is 0.515. The summed E-state index contributed by atoms with van der Waals surface area (Å²) in [5.74, 6) is -0.905. The van der Waals surface area contributed by atoms with Gasteiger partial charge in [-0.05, 0) is 46.8 Å². The molecule has 0 saturated heterocycles. The van der Waals surface area contributed by atoms with E-state index in [0.717, 1.165) is 37.8 Å². The average molecular weight is 379 g/mol. The van der Waals surface area contributed by atoms with Crippen molar-refractivity contribution in [2.45, 2.75) is 30.6 Å². The first-order valence-electron chi connectivity index (χ1n) is 6.59. The number of carbonyl (C=O) groups is 1. The lowest BCUT2D eigenvalue weighted by atomic mass is 10.1. The molecule has 1 amide bonds. The lowest BCUT2D eigenvalue weighted by Gasteiger charge is -2.12. The van der Waals surface area contributed by atoms with Crippen molar-refractivity contribution >= 4 is 31.9 Å². The molecule has 1 fully saturated rings. The number of amides is 1. The van der Waals surface area contributed by atoms with Crippen LogP contribution in [0, 0.1) is 11.7 Å². The molecule has 3 N–H and O–H groups in total. The summed E-state index contributed by atoms with van der Waals surface area (Å²) in [6.07, 6.45) is 4.45. The summed E-state index contributed by atoms with van der Waals surface area (Å²) < 4.78 is 36.3. The number of benzene rings is 1. The second-order valence-electron chi connectivity index (χ2n) is 5.18. The molecule has 1 aliphatic carbocycles. The number of rotatable bonds is 4. The van der Waals surface area contributed by atoms with Crippen LogP contribution < -0.4 is 10.5 Å². The molecular formula is C13H16BrFN2O3S. The smallest absolute Gasteiger partial charge is 0.251 e. The first-order valence-corrected chi connectivity index (χ1v) is 8.93. The number of hydrogen-bond acceptors (Lipinski definition) is 3. The van der Waals surface area contributed by atoms with Crippen molar-refractivity contribution < 1.29 is 17.6 Å². The molecule has 0 bridgehead atoms. The van der Waals surface area contributed by atoms with Gasteiger partial charge in [0.05, 0.1) is 9.37 Å². The van der Waals surface area contributed by atoms with Gasteiger partial charge < -0.3 is 5.32 Å². The molecule has 1 saturated carbocycles. The highest BCUT2D eigenvalue weighted by Gasteiger charge is 2.21. The Morgan fingerprint density at radius 2 is 2.00 bits per heavy atom. The monoisotopic (exact) mass is 378 g/mol. The van der Waals surface area contributed by atoms with Crippen LogP contribution in [0.1, 0.15) is 36.0 Å². The number of primary sulfonamides is 1. The molecular weight excluding hydrogens is 363 g/mol. The fourth-order valence-electron chi connectivity index (χ4n) is 2.46. The largest absolute Gasteiger partial charge is 0.352 e. The number of halogens is 2. The van der Waals surface area contributed by atoms with Gasteiger partial charge in [-0.3, -0.25) is 4.79 Å². The number of hydrogen-bond donors (Lipinski definition) is 2. The Morgan fingerprint density at radius 1 is 1.38 bits per heavy atom. The van der Waals surface area contributed by atoms with Crippen molar-refractivity contribution in [1.82, 2.24) is 5.32 Å². The molecule has 0 atom stereocenters. The second-order valence-corrected chi connectivity index (χ2v) is 7.50. The fourth-order valence-corrected chi connectivity index (χ4v) is 4.00. The van der Waals surface area contributed by atoms with Crippen molar-refractivity contribution in [3.8, 4) is 0 Å². The summed E-state index contributed by atoms with van der Waals surface area (Å²) in [4.78, 5) is 11.6. The Labute approximate surface area is 131 Å². The average Bonchev–Trinajstić information content (AvgIpc) is 2.90. The van der Waals surface area contributed by atoms with Crippen molar-refractivity contribution in [2.24, 2.45) is 11.1 Å². The minimum atomic E-state index is -4.11. The summed E-state index contributed by atoms with van der Waals surface area (Å²) in [7, 11) is -4.11. The van der Waals surface area contributed by atoms with E-state index in [-0.39, 0.29) is 10.0 Å². The quantitative estimate of drug-likeness (QED) is 0.840. The van der Waals surface area contributed by atoms with Crippen LogP contribution >= 0.6 is 15.9 Å². The predicted molar refractivity (Wildman–Crippen MR) is 79.8 cm³/mol. The Bertz CT molecular complexity index is 658. The highest BCUT2D eigenvalue weighted by atomic mass is 79.9. The highest BCUT2D eigenvalue weighted by molar-refractivity contribution is 9.10. The first-order chi connectivity index (χ1) is 9.79. The third kappa shape index (κ3) is 4.02. The number of nitrogens with one attached hydrogen (secondary N) is 1. The number of sulfonamides is 1. The van der Waals surface area contributed by atoms with Gasteiger partial charge in [-0.15, -0.1) is 0 Å². The fraction of sp³-hybridized carbons (Fsp3) is 0.462. The Balaban J connectivity index is 2.19. The summed E-state index contributed by atoms with van der Waals surface area (Å²) in [6, 6.07) is 2.06. The number of carbonyl (C=O) groups excluding carboxylic acids is 1. The van der Waals surface area contributed by atoms with Gasteiger partial charge in [0.25, 0.3) is 5.91 Å². The topological polar surface area (TPSA) is 89.3 Å². The maximum absolute atomic E-state index is 13.7. The molecule has 8 heteroatoms. The first kappa shape index (κ1) is 16.4. The molecule has 0 heterocycles. The second kappa shape index (κ2) is 6.41. The van der Waals surface area contributed by atoms with E-state index in [0.29, 0.717) is 12.5 Å². The van der Waals surface area contributed by atoms with Crippen LogP contribution in [0.25, 0.3) is 0 Å². The van der Waals surface area contributed by atoms with E-state index in [2.05, 4.69) is 21.2 Å². The van der Waals surface area contributed by atoms with E-state index in [1.165, 1.54) is 0 Å². The normalized spacial score (nSPS) is 16.1. The minimum absolute atomic E-state index is 0.0577. The Kier molecular flexibility index (Phi) is 5.00. The van der Waals surface area contributed by atoms with E-state index in [1.807, 2.05) is 0 Å². The van der Waals surface area contributed by atoms with Crippen LogP contribution in [0.15, 0.2) is 21.5 Å². The summed E-state index contributed by atoms with van der Waals surface area (Å²) in [5.41, 5.74) is -0.0577.